The highest BCUT2D eigenvalue weighted by molar-refractivity contribution is 6.06. The molecule has 146 valence electrons. The molecule has 2 aromatic heterocycles. The van der Waals surface area contributed by atoms with Crippen molar-refractivity contribution in [1.82, 2.24) is 19.7 Å². The molecule has 0 aliphatic heterocycles. The van der Waals surface area contributed by atoms with Crippen LogP contribution in [0, 0.1) is 6.92 Å². The first-order valence-corrected chi connectivity index (χ1v) is 10.1. The average molecular weight is 384 g/mol. The Bertz CT molecular complexity index is 1250. The van der Waals surface area contributed by atoms with E-state index in [0.29, 0.717) is 18.0 Å². The number of benzene rings is 2. The Balaban J connectivity index is 1.55. The Kier molecular flexibility index (Phi) is 4.12. The molecule has 5 nitrogen and oxygen atoms in total. The van der Waals surface area contributed by atoms with Crippen LogP contribution in [0.15, 0.2) is 48.5 Å². The predicted molar refractivity (Wildman–Crippen MR) is 115 cm³/mol. The molecule has 1 fully saturated rings. The summed E-state index contributed by atoms with van der Waals surface area (Å²) in [5.74, 6) is 0.493. The normalized spacial score (nSPS) is 13.9. The van der Waals surface area contributed by atoms with E-state index in [-0.39, 0.29) is 5.91 Å². The number of rotatable bonds is 4. The molecule has 2 heterocycles. The Hall–Kier alpha value is -3.21. The van der Waals surface area contributed by atoms with Crippen LogP contribution in [-0.2, 0) is 13.6 Å². The average Bonchev–Trinajstić information content (AvgIpc) is 3.53. The molecule has 29 heavy (non-hydrogen) atoms. The lowest BCUT2D eigenvalue weighted by Gasteiger charge is -2.19. The van der Waals surface area contributed by atoms with Crippen LogP contribution in [-0.4, -0.2) is 32.6 Å². The number of hydrogen-bond donors (Lipinski definition) is 0. The summed E-state index contributed by atoms with van der Waals surface area (Å²) < 4.78 is 1.79. The van der Waals surface area contributed by atoms with Gasteiger partial charge in [-0.05, 0) is 42.2 Å². The number of carbonyl (C=O) groups excluding carboxylic acids is 1. The summed E-state index contributed by atoms with van der Waals surface area (Å²) >= 11 is 0. The summed E-state index contributed by atoms with van der Waals surface area (Å²) in [6.07, 6.45) is 2.30. The SMILES string of the molecule is Cc1nn(C)c2nc(C3CC3)cc(C(=O)N(C)Cc3cccc4ccccc34)c12. The van der Waals surface area contributed by atoms with E-state index in [1.165, 1.54) is 10.8 Å². The smallest absolute Gasteiger partial charge is 0.254 e. The van der Waals surface area contributed by atoms with Crippen LogP contribution in [0.3, 0.4) is 0 Å². The lowest BCUT2D eigenvalue weighted by atomic mass is 10.0. The van der Waals surface area contributed by atoms with Gasteiger partial charge < -0.3 is 4.90 Å². The van der Waals surface area contributed by atoms with Gasteiger partial charge in [0.05, 0.1) is 16.6 Å². The fraction of sp³-hybridized carbons (Fsp3) is 0.292. The first kappa shape index (κ1) is 17.9. The molecule has 0 bridgehead atoms. The number of amides is 1. The van der Waals surface area contributed by atoms with Gasteiger partial charge >= 0.3 is 0 Å². The number of aryl methyl sites for hydroxylation is 2. The zero-order valence-corrected chi connectivity index (χ0v) is 17.0. The summed E-state index contributed by atoms with van der Waals surface area (Å²) in [4.78, 5) is 20.1. The van der Waals surface area contributed by atoms with Gasteiger partial charge in [0.1, 0.15) is 0 Å². The Labute approximate surface area is 170 Å². The van der Waals surface area contributed by atoms with Gasteiger partial charge in [-0.2, -0.15) is 5.10 Å². The molecule has 4 aromatic rings. The number of carbonyl (C=O) groups is 1. The van der Waals surface area contributed by atoms with E-state index in [4.69, 9.17) is 4.98 Å². The van der Waals surface area contributed by atoms with Gasteiger partial charge in [0.2, 0.25) is 0 Å². The largest absolute Gasteiger partial charge is 0.337 e. The van der Waals surface area contributed by atoms with Crippen molar-refractivity contribution in [2.45, 2.75) is 32.2 Å². The van der Waals surface area contributed by atoms with Crippen molar-refractivity contribution in [2.75, 3.05) is 7.05 Å². The third kappa shape index (κ3) is 3.07. The maximum absolute atomic E-state index is 13.5. The van der Waals surface area contributed by atoms with E-state index >= 15 is 0 Å². The van der Waals surface area contributed by atoms with Crippen molar-refractivity contribution in [1.29, 1.82) is 0 Å². The maximum Gasteiger partial charge on any atom is 0.254 e. The first-order chi connectivity index (χ1) is 14.0. The minimum absolute atomic E-state index is 0.0170. The lowest BCUT2D eigenvalue weighted by molar-refractivity contribution is 0.0787. The molecule has 0 N–H and O–H groups in total. The van der Waals surface area contributed by atoms with E-state index < -0.39 is 0 Å². The van der Waals surface area contributed by atoms with Gasteiger partial charge in [0, 0.05) is 32.3 Å². The van der Waals surface area contributed by atoms with Crippen LogP contribution >= 0.6 is 0 Å². The fourth-order valence-electron chi connectivity index (χ4n) is 4.18. The highest BCUT2D eigenvalue weighted by Gasteiger charge is 2.29. The maximum atomic E-state index is 13.5. The zero-order chi connectivity index (χ0) is 20.1. The van der Waals surface area contributed by atoms with Gasteiger partial charge in [-0.3, -0.25) is 9.48 Å². The monoisotopic (exact) mass is 384 g/mol. The van der Waals surface area contributed by atoms with Crippen molar-refractivity contribution in [2.24, 2.45) is 7.05 Å². The molecule has 0 unspecified atom stereocenters. The fourth-order valence-corrected chi connectivity index (χ4v) is 4.18. The molecule has 0 radical (unpaired) electrons. The van der Waals surface area contributed by atoms with Gasteiger partial charge in [0.25, 0.3) is 5.91 Å². The van der Waals surface area contributed by atoms with E-state index in [1.54, 1.807) is 9.58 Å². The molecule has 1 aliphatic rings. The quantitative estimate of drug-likeness (QED) is 0.517. The molecular weight excluding hydrogens is 360 g/mol. The van der Waals surface area contributed by atoms with Crippen LogP contribution in [0.1, 0.15) is 46.1 Å². The molecular formula is C24H24N4O. The molecule has 0 atom stereocenters. The minimum atomic E-state index is 0.0170. The topological polar surface area (TPSA) is 51.0 Å². The number of fused-ring (bicyclic) bond motifs is 2. The van der Waals surface area contributed by atoms with Gasteiger partial charge in [-0.1, -0.05) is 42.5 Å². The van der Waals surface area contributed by atoms with Gasteiger partial charge in [-0.25, -0.2) is 4.98 Å². The van der Waals surface area contributed by atoms with Crippen LogP contribution in [0.25, 0.3) is 21.8 Å². The summed E-state index contributed by atoms with van der Waals surface area (Å²) in [7, 11) is 3.77. The first-order valence-electron chi connectivity index (χ1n) is 10.1. The van der Waals surface area contributed by atoms with Gasteiger partial charge in [0.15, 0.2) is 5.65 Å². The molecule has 1 saturated carbocycles. The summed E-state index contributed by atoms with van der Waals surface area (Å²) in [5.41, 5.74) is 4.52. The number of aromatic nitrogens is 3. The van der Waals surface area contributed by atoms with E-state index in [1.807, 2.05) is 39.2 Å². The van der Waals surface area contributed by atoms with E-state index in [0.717, 1.165) is 40.8 Å². The minimum Gasteiger partial charge on any atom is -0.337 e. The molecule has 1 amide bonds. The van der Waals surface area contributed by atoms with E-state index in [9.17, 15) is 4.79 Å². The Morgan fingerprint density at radius 2 is 1.93 bits per heavy atom. The van der Waals surface area contributed by atoms with Crippen molar-refractivity contribution < 1.29 is 4.79 Å². The molecule has 0 saturated heterocycles. The third-order valence-electron chi connectivity index (χ3n) is 5.85. The summed E-state index contributed by atoms with van der Waals surface area (Å²) in [6.45, 7) is 2.50. The Morgan fingerprint density at radius 3 is 2.72 bits per heavy atom. The molecule has 2 aromatic carbocycles. The zero-order valence-electron chi connectivity index (χ0n) is 17.0. The van der Waals surface area contributed by atoms with Crippen molar-refractivity contribution in [3.8, 4) is 0 Å². The van der Waals surface area contributed by atoms with Crippen molar-refractivity contribution in [3.63, 3.8) is 0 Å². The number of nitrogens with zero attached hydrogens (tertiary/aromatic N) is 4. The highest BCUT2D eigenvalue weighted by atomic mass is 16.2. The van der Waals surface area contributed by atoms with Gasteiger partial charge in [-0.15, -0.1) is 0 Å². The Morgan fingerprint density at radius 1 is 1.17 bits per heavy atom. The second kappa shape index (κ2) is 6.69. The molecule has 0 spiro atoms. The third-order valence-corrected chi connectivity index (χ3v) is 5.85. The van der Waals surface area contributed by atoms with E-state index in [2.05, 4.69) is 35.4 Å². The van der Waals surface area contributed by atoms with Crippen LogP contribution in [0.4, 0.5) is 0 Å². The van der Waals surface area contributed by atoms with Crippen LogP contribution in [0.5, 0.6) is 0 Å². The molecule has 5 rings (SSSR count). The highest BCUT2D eigenvalue weighted by Crippen LogP contribution is 2.40. The predicted octanol–water partition coefficient (Wildman–Crippen LogP) is 4.58. The summed E-state index contributed by atoms with van der Waals surface area (Å²) in [6, 6.07) is 16.6. The number of hydrogen-bond acceptors (Lipinski definition) is 3. The molecule has 1 aliphatic carbocycles. The lowest BCUT2D eigenvalue weighted by Crippen LogP contribution is -2.27. The summed E-state index contributed by atoms with van der Waals surface area (Å²) in [5, 5.41) is 7.77. The standard InChI is InChI=1S/C24H24N4O/c1-15-22-20(13-21(17-11-12-17)25-23(22)28(3)26-15)24(29)27(2)14-18-9-6-8-16-7-4-5-10-19(16)18/h4-10,13,17H,11-12,14H2,1-3H3. The van der Waals surface area contributed by atoms with Crippen molar-refractivity contribution in [3.05, 3.63) is 71.0 Å². The van der Waals surface area contributed by atoms with Crippen LogP contribution < -0.4 is 0 Å². The molecule has 5 heteroatoms. The van der Waals surface area contributed by atoms with Crippen molar-refractivity contribution >= 4 is 27.7 Å². The number of pyridine rings is 1. The second-order valence-corrected chi connectivity index (χ2v) is 8.08. The second-order valence-electron chi connectivity index (χ2n) is 8.08. The van der Waals surface area contributed by atoms with Crippen LogP contribution in [0.2, 0.25) is 0 Å².